The third kappa shape index (κ3) is 5.78. The zero-order valence-corrected chi connectivity index (χ0v) is 12.4. The number of carbonyl (C=O) groups is 1. The van der Waals surface area contributed by atoms with Crippen LogP contribution in [0.15, 0.2) is 0 Å². The van der Waals surface area contributed by atoms with E-state index in [1.54, 1.807) is 6.92 Å². The van der Waals surface area contributed by atoms with Gasteiger partial charge in [0.05, 0.1) is 6.10 Å². The van der Waals surface area contributed by atoms with Gasteiger partial charge in [-0.05, 0) is 13.3 Å². The predicted molar refractivity (Wildman–Crippen MR) is 67.5 cm³/mol. The molecule has 0 bridgehead atoms. The van der Waals surface area contributed by atoms with Gasteiger partial charge in [0.2, 0.25) is 0 Å². The highest BCUT2D eigenvalue weighted by molar-refractivity contribution is 6.60. The van der Waals surface area contributed by atoms with Crippen LogP contribution in [-0.2, 0) is 13.3 Å². The van der Waals surface area contributed by atoms with Crippen molar-refractivity contribution in [3.8, 4) is 0 Å². The molecule has 0 aliphatic carbocycles. The van der Waals surface area contributed by atoms with Crippen LogP contribution < -0.4 is 0 Å². The highest BCUT2D eigenvalue weighted by Crippen LogP contribution is 2.15. The first kappa shape index (κ1) is 17.3. The zero-order chi connectivity index (χ0) is 14.2. The molecule has 1 amide bonds. The molecule has 0 aliphatic rings. The summed E-state index contributed by atoms with van der Waals surface area (Å²) in [6.07, 6.45) is -1.17. The van der Waals surface area contributed by atoms with Gasteiger partial charge >= 0.3 is 14.9 Å². The molecule has 2 N–H and O–H groups in total. The molecule has 0 spiro atoms. The molecule has 18 heavy (non-hydrogen) atoms. The van der Waals surface area contributed by atoms with Gasteiger partial charge in [-0.25, -0.2) is 4.79 Å². The Balaban J connectivity index is 4.24. The smallest absolute Gasteiger partial charge is 0.465 e. The highest BCUT2D eigenvalue weighted by Gasteiger charge is 2.37. The first-order chi connectivity index (χ1) is 8.40. The summed E-state index contributed by atoms with van der Waals surface area (Å²) in [6.45, 7) is 1.95. The highest BCUT2D eigenvalue weighted by atomic mass is 28.4. The topological polar surface area (TPSA) is 88.5 Å². The Labute approximate surface area is 109 Å². The third-order valence-corrected chi connectivity index (χ3v) is 5.43. The molecule has 1 unspecified atom stereocenters. The largest absolute Gasteiger partial charge is 0.500 e. The molecule has 7 nitrogen and oxygen atoms in total. The van der Waals surface area contributed by atoms with Crippen molar-refractivity contribution >= 4 is 14.9 Å². The molecule has 0 saturated carbocycles. The fraction of sp³-hybridized carbons (Fsp3) is 0.900. The molecule has 0 fully saturated rings. The van der Waals surface area contributed by atoms with E-state index in [4.69, 9.17) is 18.4 Å². The summed E-state index contributed by atoms with van der Waals surface area (Å²) >= 11 is 0. The molecular weight excluding hydrogens is 258 g/mol. The van der Waals surface area contributed by atoms with E-state index in [1.165, 1.54) is 26.2 Å². The average molecular weight is 281 g/mol. The summed E-state index contributed by atoms with van der Waals surface area (Å²) < 4.78 is 15.7. The molecule has 108 valence electrons. The minimum atomic E-state index is -2.64. The van der Waals surface area contributed by atoms with Crippen molar-refractivity contribution in [1.82, 2.24) is 4.90 Å². The molecule has 0 radical (unpaired) electrons. The van der Waals surface area contributed by atoms with Crippen LogP contribution in [0.1, 0.15) is 13.3 Å². The van der Waals surface area contributed by atoms with E-state index in [1.807, 2.05) is 0 Å². The maximum atomic E-state index is 10.9. The molecule has 8 heteroatoms. The third-order valence-electron chi connectivity index (χ3n) is 2.60. The Morgan fingerprint density at radius 3 is 2.11 bits per heavy atom. The number of amides is 1. The molecular formula is C10H23NO6Si. The van der Waals surface area contributed by atoms with Crippen molar-refractivity contribution in [3.63, 3.8) is 0 Å². The van der Waals surface area contributed by atoms with E-state index >= 15 is 0 Å². The van der Waals surface area contributed by atoms with Gasteiger partial charge in [0, 0.05) is 40.5 Å². The summed E-state index contributed by atoms with van der Waals surface area (Å²) in [7, 11) is 1.91. The van der Waals surface area contributed by atoms with Gasteiger partial charge in [0.15, 0.2) is 0 Å². The van der Waals surface area contributed by atoms with Gasteiger partial charge in [-0.2, -0.15) is 0 Å². The maximum Gasteiger partial charge on any atom is 0.500 e. The SMILES string of the molecule is CO[Si](CCCN(CC(C)O)C(=O)O)(OC)OC. The summed E-state index contributed by atoms with van der Waals surface area (Å²) in [5.41, 5.74) is 0. The molecule has 1 atom stereocenters. The number of rotatable bonds is 9. The van der Waals surface area contributed by atoms with Crippen molar-refractivity contribution in [2.75, 3.05) is 34.4 Å². The van der Waals surface area contributed by atoms with Crippen molar-refractivity contribution in [2.45, 2.75) is 25.5 Å². The van der Waals surface area contributed by atoms with Gasteiger partial charge < -0.3 is 28.4 Å². The number of hydrogen-bond donors (Lipinski definition) is 2. The van der Waals surface area contributed by atoms with E-state index in [0.29, 0.717) is 19.0 Å². The van der Waals surface area contributed by atoms with E-state index in [2.05, 4.69) is 0 Å². The minimum absolute atomic E-state index is 0.0941. The summed E-state index contributed by atoms with van der Waals surface area (Å²) in [6, 6.07) is 0.528. The Bertz CT molecular complexity index is 238. The van der Waals surface area contributed by atoms with E-state index in [9.17, 15) is 9.90 Å². The van der Waals surface area contributed by atoms with E-state index in [0.717, 1.165) is 0 Å². The number of aliphatic hydroxyl groups excluding tert-OH is 1. The lowest BCUT2D eigenvalue weighted by Crippen LogP contribution is -2.44. The lowest BCUT2D eigenvalue weighted by Gasteiger charge is -2.26. The second-order valence-electron chi connectivity index (χ2n) is 3.98. The zero-order valence-electron chi connectivity index (χ0n) is 11.4. The van der Waals surface area contributed by atoms with Crippen LogP contribution in [0, 0.1) is 0 Å². The van der Waals surface area contributed by atoms with Gasteiger partial charge in [-0.3, -0.25) is 0 Å². The number of hydrogen-bond acceptors (Lipinski definition) is 5. The summed E-state index contributed by atoms with van der Waals surface area (Å²) in [5.74, 6) is 0. The van der Waals surface area contributed by atoms with Crippen molar-refractivity contribution in [3.05, 3.63) is 0 Å². The maximum absolute atomic E-state index is 10.9. The first-order valence-electron chi connectivity index (χ1n) is 5.72. The van der Waals surface area contributed by atoms with Crippen LogP contribution in [0.5, 0.6) is 0 Å². The number of nitrogens with zero attached hydrogens (tertiary/aromatic N) is 1. The Morgan fingerprint density at radius 2 is 1.78 bits per heavy atom. The quantitative estimate of drug-likeness (QED) is 0.602. The monoisotopic (exact) mass is 281 g/mol. The van der Waals surface area contributed by atoms with Gasteiger partial charge in [-0.1, -0.05) is 0 Å². The van der Waals surface area contributed by atoms with Crippen LogP contribution in [0.25, 0.3) is 0 Å². The second-order valence-corrected chi connectivity index (χ2v) is 7.07. The molecule has 0 aliphatic heterocycles. The lowest BCUT2D eigenvalue weighted by atomic mass is 10.3. The predicted octanol–water partition coefficient (Wildman–Crippen LogP) is 0.615. The Hall–Kier alpha value is -0.673. The van der Waals surface area contributed by atoms with Crippen LogP contribution in [0.4, 0.5) is 4.79 Å². The Morgan fingerprint density at radius 1 is 1.28 bits per heavy atom. The molecule has 0 aromatic carbocycles. The first-order valence-corrected chi connectivity index (χ1v) is 7.65. The molecule has 0 heterocycles. The molecule has 0 aromatic rings. The van der Waals surface area contributed by atoms with Crippen molar-refractivity contribution < 1.29 is 28.3 Å². The standard InChI is InChI=1S/C10H23NO6Si/c1-9(12)8-11(10(13)14)6-5-7-18(15-2,16-3)17-4/h9,12H,5-8H2,1-4H3,(H,13,14). The fourth-order valence-electron chi connectivity index (χ4n) is 1.63. The fourth-order valence-corrected chi connectivity index (χ4v) is 3.33. The van der Waals surface area contributed by atoms with E-state index in [-0.39, 0.29) is 6.54 Å². The lowest BCUT2D eigenvalue weighted by molar-refractivity contribution is 0.100. The normalized spacial score (nSPS) is 13.4. The second kappa shape index (κ2) is 8.43. The van der Waals surface area contributed by atoms with E-state index < -0.39 is 21.0 Å². The minimum Gasteiger partial charge on any atom is -0.465 e. The van der Waals surface area contributed by atoms with Gasteiger partial charge in [0.1, 0.15) is 0 Å². The molecule has 0 rings (SSSR count). The van der Waals surface area contributed by atoms with Gasteiger partial charge in [-0.15, -0.1) is 0 Å². The molecule has 0 aromatic heterocycles. The average Bonchev–Trinajstić information content (AvgIpc) is 2.33. The number of aliphatic hydroxyl groups is 1. The van der Waals surface area contributed by atoms with Crippen LogP contribution in [0.2, 0.25) is 6.04 Å². The van der Waals surface area contributed by atoms with Crippen molar-refractivity contribution in [2.24, 2.45) is 0 Å². The summed E-state index contributed by atoms with van der Waals surface area (Å²) in [4.78, 5) is 12.1. The van der Waals surface area contributed by atoms with Crippen LogP contribution >= 0.6 is 0 Å². The Kier molecular flexibility index (Phi) is 8.12. The van der Waals surface area contributed by atoms with Gasteiger partial charge in [0.25, 0.3) is 0 Å². The molecule has 0 saturated heterocycles. The van der Waals surface area contributed by atoms with Crippen LogP contribution in [-0.4, -0.2) is 70.5 Å². The summed E-state index contributed by atoms with van der Waals surface area (Å²) in [5, 5.41) is 18.2. The number of carboxylic acid groups (broad SMARTS) is 1. The van der Waals surface area contributed by atoms with Crippen LogP contribution in [0.3, 0.4) is 0 Å². The van der Waals surface area contributed by atoms with Crippen molar-refractivity contribution in [1.29, 1.82) is 0 Å².